The topological polar surface area (TPSA) is 45.2 Å². The second-order valence-corrected chi connectivity index (χ2v) is 6.25. The SMILES string of the molecule is O=CN(Nc1ncccc1Br)C1(c2ccc(Cl)cc2)CC1. The van der Waals surface area contributed by atoms with Gasteiger partial charge in [0.2, 0.25) is 6.41 Å². The molecule has 1 N–H and O–H groups in total. The molecule has 0 unspecified atom stereocenters. The van der Waals surface area contributed by atoms with Crippen molar-refractivity contribution in [2.45, 2.75) is 18.4 Å². The molecule has 1 aliphatic carbocycles. The second-order valence-electron chi connectivity index (χ2n) is 4.96. The standard InChI is InChI=1S/C15H13BrClN3O/c16-13-2-1-9-18-14(13)19-20(10-21)15(7-8-15)11-3-5-12(17)6-4-11/h1-6,9-10H,7-8H2,(H,18,19). The maximum atomic E-state index is 11.5. The third-order valence-corrected chi connectivity index (χ3v) is 4.55. The average molecular weight is 367 g/mol. The van der Waals surface area contributed by atoms with Gasteiger partial charge in [0, 0.05) is 11.2 Å². The number of carbonyl (C=O) groups excluding carboxylic acids is 1. The Bertz CT molecular complexity index is 658. The van der Waals surface area contributed by atoms with E-state index in [1.807, 2.05) is 36.4 Å². The summed E-state index contributed by atoms with van der Waals surface area (Å²) < 4.78 is 0.809. The number of nitrogens with zero attached hydrogens (tertiary/aromatic N) is 2. The number of nitrogens with one attached hydrogen (secondary N) is 1. The molecule has 1 aromatic carbocycles. The van der Waals surface area contributed by atoms with E-state index in [9.17, 15) is 4.79 Å². The zero-order chi connectivity index (χ0) is 14.9. The minimum atomic E-state index is -0.316. The van der Waals surface area contributed by atoms with Crippen LogP contribution >= 0.6 is 27.5 Å². The van der Waals surface area contributed by atoms with Gasteiger partial charge >= 0.3 is 0 Å². The molecule has 0 radical (unpaired) electrons. The summed E-state index contributed by atoms with van der Waals surface area (Å²) in [5, 5.41) is 2.27. The van der Waals surface area contributed by atoms with E-state index in [1.165, 1.54) is 0 Å². The Labute approximate surface area is 136 Å². The van der Waals surface area contributed by atoms with E-state index in [0.29, 0.717) is 10.8 Å². The Balaban J connectivity index is 1.88. The molecule has 1 fully saturated rings. The van der Waals surface area contributed by atoms with E-state index in [-0.39, 0.29) is 5.54 Å². The van der Waals surface area contributed by atoms with Crippen LogP contribution in [0.2, 0.25) is 5.02 Å². The van der Waals surface area contributed by atoms with E-state index in [4.69, 9.17) is 11.6 Å². The smallest absolute Gasteiger partial charge is 0.229 e. The number of amides is 1. The highest BCUT2D eigenvalue weighted by molar-refractivity contribution is 9.10. The molecule has 1 heterocycles. The van der Waals surface area contributed by atoms with Crippen LogP contribution in [0.25, 0.3) is 0 Å². The van der Waals surface area contributed by atoms with Crippen LogP contribution in [0.1, 0.15) is 18.4 Å². The van der Waals surface area contributed by atoms with Crippen LogP contribution in [-0.4, -0.2) is 16.4 Å². The second kappa shape index (κ2) is 5.66. The summed E-state index contributed by atoms with van der Waals surface area (Å²) in [5.74, 6) is 0.616. The van der Waals surface area contributed by atoms with Crippen molar-refractivity contribution in [3.05, 3.63) is 57.7 Å². The van der Waals surface area contributed by atoms with Gasteiger partial charge < -0.3 is 0 Å². The Morgan fingerprint density at radius 3 is 2.57 bits per heavy atom. The van der Waals surface area contributed by atoms with Crippen molar-refractivity contribution >= 4 is 39.8 Å². The van der Waals surface area contributed by atoms with Crippen molar-refractivity contribution < 1.29 is 4.79 Å². The summed E-state index contributed by atoms with van der Waals surface area (Å²) in [6.45, 7) is 0. The van der Waals surface area contributed by atoms with Crippen LogP contribution in [-0.2, 0) is 10.3 Å². The minimum Gasteiger partial charge on any atom is -0.278 e. The number of carbonyl (C=O) groups is 1. The Kier molecular flexibility index (Phi) is 3.87. The largest absolute Gasteiger partial charge is 0.278 e. The number of hydrazine groups is 1. The first-order valence-corrected chi connectivity index (χ1v) is 7.71. The van der Waals surface area contributed by atoms with Crippen LogP contribution in [0.3, 0.4) is 0 Å². The molecular formula is C15H13BrClN3O. The lowest BCUT2D eigenvalue weighted by Gasteiger charge is -2.29. The average Bonchev–Trinajstić information content (AvgIpc) is 3.29. The maximum absolute atomic E-state index is 11.5. The van der Waals surface area contributed by atoms with Crippen LogP contribution < -0.4 is 5.43 Å². The molecular weight excluding hydrogens is 354 g/mol. The van der Waals surface area contributed by atoms with Crippen LogP contribution in [0.15, 0.2) is 47.1 Å². The zero-order valence-electron chi connectivity index (χ0n) is 11.1. The normalized spacial score (nSPS) is 15.3. The molecule has 0 saturated heterocycles. The van der Waals surface area contributed by atoms with Crippen molar-refractivity contribution in [2.24, 2.45) is 0 Å². The number of pyridine rings is 1. The third-order valence-electron chi connectivity index (χ3n) is 3.66. The number of halogens is 2. The van der Waals surface area contributed by atoms with E-state index < -0.39 is 0 Å². The van der Waals surface area contributed by atoms with E-state index in [2.05, 4.69) is 26.3 Å². The van der Waals surface area contributed by atoms with Crippen LogP contribution in [0, 0.1) is 0 Å². The Morgan fingerprint density at radius 2 is 2.00 bits per heavy atom. The monoisotopic (exact) mass is 365 g/mol. The Morgan fingerprint density at radius 1 is 1.29 bits per heavy atom. The lowest BCUT2D eigenvalue weighted by Crippen LogP contribution is -2.39. The summed E-state index contributed by atoms with van der Waals surface area (Å²) in [6, 6.07) is 11.3. The number of hydrogen-bond acceptors (Lipinski definition) is 3. The minimum absolute atomic E-state index is 0.316. The molecule has 6 heteroatoms. The lowest BCUT2D eigenvalue weighted by atomic mass is 10.0. The van der Waals surface area contributed by atoms with Gasteiger partial charge in [0.05, 0.1) is 10.0 Å². The number of anilines is 1. The first-order chi connectivity index (χ1) is 10.2. The van der Waals surface area contributed by atoms with Crippen LogP contribution in [0.4, 0.5) is 5.82 Å². The summed E-state index contributed by atoms with van der Waals surface area (Å²) >= 11 is 9.35. The molecule has 0 aliphatic heterocycles. The zero-order valence-corrected chi connectivity index (χ0v) is 13.4. The van der Waals surface area contributed by atoms with Crippen molar-refractivity contribution in [1.82, 2.24) is 9.99 Å². The van der Waals surface area contributed by atoms with Gasteiger partial charge in [-0.2, -0.15) is 0 Å². The first kappa shape index (κ1) is 14.4. The molecule has 1 aromatic heterocycles. The summed E-state index contributed by atoms with van der Waals surface area (Å²) in [7, 11) is 0. The molecule has 1 saturated carbocycles. The molecule has 1 aliphatic rings. The number of hydrogen-bond donors (Lipinski definition) is 1. The quantitative estimate of drug-likeness (QED) is 0.643. The van der Waals surface area contributed by atoms with Gasteiger partial charge in [-0.1, -0.05) is 23.7 Å². The molecule has 3 rings (SSSR count). The molecule has 0 atom stereocenters. The predicted molar refractivity (Wildman–Crippen MR) is 85.8 cm³/mol. The van der Waals surface area contributed by atoms with Gasteiger partial charge in [-0.15, -0.1) is 0 Å². The molecule has 0 spiro atoms. The van der Waals surface area contributed by atoms with Crippen molar-refractivity contribution in [3.8, 4) is 0 Å². The van der Waals surface area contributed by atoms with Gasteiger partial charge in [-0.25, -0.2) is 9.99 Å². The molecule has 108 valence electrons. The Hall–Kier alpha value is -1.59. The van der Waals surface area contributed by atoms with Crippen molar-refractivity contribution in [3.63, 3.8) is 0 Å². The number of benzene rings is 1. The molecule has 21 heavy (non-hydrogen) atoms. The first-order valence-electron chi connectivity index (χ1n) is 6.53. The number of aromatic nitrogens is 1. The highest BCUT2D eigenvalue weighted by Gasteiger charge is 2.50. The van der Waals surface area contributed by atoms with Crippen molar-refractivity contribution in [2.75, 3.05) is 5.43 Å². The molecule has 0 bridgehead atoms. The molecule has 2 aromatic rings. The van der Waals surface area contributed by atoms with Gasteiger partial charge in [0.25, 0.3) is 0 Å². The lowest BCUT2D eigenvalue weighted by molar-refractivity contribution is -0.119. The van der Waals surface area contributed by atoms with E-state index >= 15 is 0 Å². The van der Waals surface area contributed by atoms with Gasteiger partial charge in [-0.3, -0.25) is 10.2 Å². The third kappa shape index (κ3) is 2.76. The number of rotatable bonds is 5. The fourth-order valence-corrected chi connectivity index (χ4v) is 2.83. The van der Waals surface area contributed by atoms with Gasteiger partial charge in [0.1, 0.15) is 0 Å². The highest BCUT2D eigenvalue weighted by Crippen LogP contribution is 2.50. The fourth-order valence-electron chi connectivity index (χ4n) is 2.36. The summed E-state index contributed by atoms with van der Waals surface area (Å²) in [4.78, 5) is 15.8. The van der Waals surface area contributed by atoms with Gasteiger partial charge in [-0.05, 0) is 58.6 Å². The van der Waals surface area contributed by atoms with Crippen molar-refractivity contribution in [1.29, 1.82) is 0 Å². The van der Waals surface area contributed by atoms with E-state index in [0.717, 1.165) is 29.3 Å². The molecule has 4 nitrogen and oxygen atoms in total. The van der Waals surface area contributed by atoms with Gasteiger partial charge in [0.15, 0.2) is 5.82 Å². The maximum Gasteiger partial charge on any atom is 0.229 e. The predicted octanol–water partition coefficient (Wildman–Crippen LogP) is 3.97. The van der Waals surface area contributed by atoms with Crippen LogP contribution in [0.5, 0.6) is 0 Å². The molecule has 1 amide bonds. The summed E-state index contributed by atoms with van der Waals surface area (Å²) in [5.41, 5.74) is 3.84. The summed E-state index contributed by atoms with van der Waals surface area (Å²) in [6.07, 6.45) is 4.30. The highest BCUT2D eigenvalue weighted by atomic mass is 79.9. The van der Waals surface area contributed by atoms with E-state index in [1.54, 1.807) is 11.2 Å². The fraction of sp³-hybridized carbons (Fsp3) is 0.200.